The molecule has 106 valence electrons. The van der Waals surface area contributed by atoms with E-state index in [1.165, 1.54) is 0 Å². The molecule has 2 atom stereocenters. The first-order chi connectivity index (χ1) is 8.47. The minimum Gasteiger partial charge on any atom is -0.385 e. The second kappa shape index (κ2) is 7.75. The van der Waals surface area contributed by atoms with Crippen LogP contribution >= 0.6 is 0 Å². The summed E-state index contributed by atoms with van der Waals surface area (Å²) in [6.45, 7) is 12.0. The zero-order valence-electron chi connectivity index (χ0n) is 12.9. The minimum absolute atomic E-state index is 0.517. The number of hydrogen-bond acceptors (Lipinski definition) is 2. The fourth-order valence-corrected chi connectivity index (χ4v) is 2.43. The average molecular weight is 254 g/mol. The summed E-state index contributed by atoms with van der Waals surface area (Å²) in [7, 11) is 0. The second-order valence-electron chi connectivity index (χ2n) is 4.76. The van der Waals surface area contributed by atoms with Gasteiger partial charge in [-0.3, -0.25) is 0 Å². The lowest BCUT2D eigenvalue weighted by Crippen LogP contribution is -2.38. The summed E-state index contributed by atoms with van der Waals surface area (Å²) in [4.78, 5) is 0. The SMILES string of the molecule is CC.CCCCC1(O)C(CC)=CC(O)C(C)=C1C. The molecule has 0 saturated carbocycles. The van der Waals surface area contributed by atoms with Crippen LogP contribution in [0.4, 0.5) is 0 Å². The van der Waals surface area contributed by atoms with Crippen molar-refractivity contribution in [3.63, 3.8) is 0 Å². The van der Waals surface area contributed by atoms with Crippen LogP contribution in [0, 0.1) is 0 Å². The van der Waals surface area contributed by atoms with Gasteiger partial charge in [0.1, 0.15) is 5.60 Å². The van der Waals surface area contributed by atoms with E-state index in [1.54, 1.807) is 0 Å². The van der Waals surface area contributed by atoms with Crippen LogP contribution in [0.3, 0.4) is 0 Å². The first kappa shape index (κ1) is 17.4. The van der Waals surface area contributed by atoms with E-state index >= 15 is 0 Å². The Kier molecular flexibility index (Phi) is 7.49. The normalized spacial score (nSPS) is 27.6. The van der Waals surface area contributed by atoms with Crippen molar-refractivity contribution in [2.24, 2.45) is 0 Å². The number of rotatable bonds is 4. The van der Waals surface area contributed by atoms with E-state index < -0.39 is 11.7 Å². The van der Waals surface area contributed by atoms with Gasteiger partial charge in [0.15, 0.2) is 0 Å². The quantitative estimate of drug-likeness (QED) is 0.745. The van der Waals surface area contributed by atoms with Crippen molar-refractivity contribution in [2.45, 2.75) is 78.9 Å². The Morgan fingerprint density at radius 1 is 1.22 bits per heavy atom. The Bertz CT molecular complexity index is 315. The lowest BCUT2D eigenvalue weighted by atomic mass is 9.74. The third kappa shape index (κ3) is 3.46. The molecular weight excluding hydrogens is 224 g/mol. The van der Waals surface area contributed by atoms with E-state index in [0.717, 1.165) is 42.4 Å². The summed E-state index contributed by atoms with van der Waals surface area (Å²) in [5.41, 5.74) is 1.99. The summed E-state index contributed by atoms with van der Waals surface area (Å²) < 4.78 is 0. The van der Waals surface area contributed by atoms with Crippen molar-refractivity contribution >= 4 is 0 Å². The first-order valence-electron chi connectivity index (χ1n) is 7.26. The monoisotopic (exact) mass is 254 g/mol. The van der Waals surface area contributed by atoms with Crippen molar-refractivity contribution < 1.29 is 10.2 Å². The molecular formula is C16H30O2. The Balaban J connectivity index is 0.00000137. The van der Waals surface area contributed by atoms with Crippen LogP contribution in [0.1, 0.15) is 67.2 Å². The molecule has 0 radical (unpaired) electrons. The number of aliphatic hydroxyl groups is 2. The zero-order chi connectivity index (χ0) is 14.3. The maximum absolute atomic E-state index is 10.8. The highest BCUT2D eigenvalue weighted by Crippen LogP contribution is 2.39. The number of aliphatic hydroxyl groups excluding tert-OH is 1. The molecule has 0 bridgehead atoms. The summed E-state index contributed by atoms with van der Waals surface area (Å²) in [6.07, 6.45) is 4.94. The molecule has 0 fully saturated rings. The summed E-state index contributed by atoms with van der Waals surface area (Å²) in [5, 5.41) is 20.6. The molecule has 2 nitrogen and oxygen atoms in total. The second-order valence-corrected chi connectivity index (χ2v) is 4.76. The molecule has 1 aliphatic rings. The maximum Gasteiger partial charge on any atom is 0.107 e. The largest absolute Gasteiger partial charge is 0.385 e. The van der Waals surface area contributed by atoms with Gasteiger partial charge in [0.2, 0.25) is 0 Å². The highest BCUT2D eigenvalue weighted by molar-refractivity contribution is 5.42. The fraction of sp³-hybridized carbons (Fsp3) is 0.750. The van der Waals surface area contributed by atoms with Crippen LogP contribution < -0.4 is 0 Å². The topological polar surface area (TPSA) is 40.5 Å². The van der Waals surface area contributed by atoms with E-state index in [1.807, 2.05) is 40.7 Å². The summed E-state index contributed by atoms with van der Waals surface area (Å²) in [5.74, 6) is 0. The van der Waals surface area contributed by atoms with Crippen molar-refractivity contribution in [1.82, 2.24) is 0 Å². The molecule has 0 saturated heterocycles. The molecule has 2 heteroatoms. The van der Waals surface area contributed by atoms with Crippen molar-refractivity contribution in [1.29, 1.82) is 0 Å². The van der Waals surface area contributed by atoms with Gasteiger partial charge in [0, 0.05) is 0 Å². The van der Waals surface area contributed by atoms with Crippen LogP contribution in [0.2, 0.25) is 0 Å². The molecule has 0 aromatic heterocycles. The van der Waals surface area contributed by atoms with Crippen LogP contribution in [0.25, 0.3) is 0 Å². The highest BCUT2D eigenvalue weighted by atomic mass is 16.3. The van der Waals surface area contributed by atoms with Gasteiger partial charge < -0.3 is 10.2 Å². The standard InChI is InChI=1S/C14H24O2.C2H6/c1-5-7-8-14(16)11(4)10(3)13(15)9-12(14)6-2;1-2/h9,13,15-16H,5-8H2,1-4H3;1-2H3. The molecule has 0 aliphatic heterocycles. The predicted octanol–water partition coefficient (Wildman–Crippen LogP) is 3.98. The van der Waals surface area contributed by atoms with Crippen molar-refractivity contribution in [2.75, 3.05) is 0 Å². The van der Waals surface area contributed by atoms with Gasteiger partial charge in [-0.25, -0.2) is 0 Å². The molecule has 18 heavy (non-hydrogen) atoms. The van der Waals surface area contributed by atoms with Gasteiger partial charge >= 0.3 is 0 Å². The smallest absolute Gasteiger partial charge is 0.107 e. The van der Waals surface area contributed by atoms with Gasteiger partial charge in [-0.05, 0) is 49.5 Å². The zero-order valence-corrected chi connectivity index (χ0v) is 12.9. The van der Waals surface area contributed by atoms with Gasteiger partial charge in [0.05, 0.1) is 6.10 Å². The molecule has 0 aromatic rings. The maximum atomic E-state index is 10.8. The molecule has 1 rings (SSSR count). The minimum atomic E-state index is -0.811. The Hall–Kier alpha value is -0.600. The van der Waals surface area contributed by atoms with Gasteiger partial charge in [-0.15, -0.1) is 0 Å². The van der Waals surface area contributed by atoms with Gasteiger partial charge in [-0.1, -0.05) is 40.5 Å². The molecule has 0 amide bonds. The fourth-order valence-electron chi connectivity index (χ4n) is 2.43. The number of unbranched alkanes of at least 4 members (excludes halogenated alkanes) is 1. The van der Waals surface area contributed by atoms with E-state index in [4.69, 9.17) is 0 Å². The first-order valence-corrected chi connectivity index (χ1v) is 7.26. The average Bonchev–Trinajstić information content (AvgIpc) is 2.40. The van der Waals surface area contributed by atoms with Crippen LogP contribution in [-0.4, -0.2) is 21.9 Å². The van der Waals surface area contributed by atoms with E-state index in [9.17, 15) is 10.2 Å². The van der Waals surface area contributed by atoms with E-state index in [0.29, 0.717) is 0 Å². The Morgan fingerprint density at radius 2 is 1.78 bits per heavy atom. The molecule has 2 N–H and O–H groups in total. The summed E-state index contributed by atoms with van der Waals surface area (Å²) >= 11 is 0. The number of hydrogen-bond donors (Lipinski definition) is 2. The Labute approximate surface area is 112 Å². The van der Waals surface area contributed by atoms with Crippen LogP contribution in [0.15, 0.2) is 22.8 Å². The van der Waals surface area contributed by atoms with E-state index in [2.05, 4.69) is 6.92 Å². The van der Waals surface area contributed by atoms with Crippen molar-refractivity contribution in [3.05, 3.63) is 22.8 Å². The van der Waals surface area contributed by atoms with Gasteiger partial charge in [0.25, 0.3) is 0 Å². The molecule has 0 spiro atoms. The van der Waals surface area contributed by atoms with E-state index in [-0.39, 0.29) is 0 Å². The molecule has 2 unspecified atom stereocenters. The van der Waals surface area contributed by atoms with Crippen molar-refractivity contribution in [3.8, 4) is 0 Å². The summed E-state index contributed by atoms with van der Waals surface area (Å²) in [6, 6.07) is 0. The lowest BCUT2D eigenvalue weighted by Gasteiger charge is -2.37. The highest BCUT2D eigenvalue weighted by Gasteiger charge is 2.37. The third-order valence-electron chi connectivity index (χ3n) is 3.82. The molecule has 0 heterocycles. The molecule has 1 aliphatic carbocycles. The Morgan fingerprint density at radius 3 is 2.22 bits per heavy atom. The van der Waals surface area contributed by atoms with Crippen LogP contribution in [0.5, 0.6) is 0 Å². The van der Waals surface area contributed by atoms with Gasteiger partial charge in [-0.2, -0.15) is 0 Å². The third-order valence-corrected chi connectivity index (χ3v) is 3.82. The lowest BCUT2D eigenvalue weighted by molar-refractivity contribution is 0.0902. The predicted molar refractivity (Wildman–Crippen MR) is 78.6 cm³/mol. The molecule has 0 aromatic carbocycles. The van der Waals surface area contributed by atoms with Crippen LogP contribution in [-0.2, 0) is 0 Å².